The predicted molar refractivity (Wildman–Crippen MR) is 72.3 cm³/mol. The lowest BCUT2D eigenvalue weighted by Crippen LogP contribution is -2.24. The second kappa shape index (κ2) is 6.94. The third-order valence-electron chi connectivity index (χ3n) is 3.06. The first-order chi connectivity index (χ1) is 8.52. The highest BCUT2D eigenvalue weighted by atomic mass is 16.2. The SMILES string of the molecule is CCC(C)c1ccc(CNC(=O)CC(C)=O)cc1. The van der Waals surface area contributed by atoms with Crippen molar-refractivity contribution >= 4 is 11.7 Å². The normalized spacial score (nSPS) is 11.9. The minimum atomic E-state index is -0.214. The van der Waals surface area contributed by atoms with Crippen LogP contribution in [0.5, 0.6) is 0 Å². The molecule has 3 nitrogen and oxygen atoms in total. The van der Waals surface area contributed by atoms with E-state index in [9.17, 15) is 9.59 Å². The molecule has 3 heteroatoms. The number of benzene rings is 1. The number of ketones is 1. The van der Waals surface area contributed by atoms with Crippen LogP contribution in [0.25, 0.3) is 0 Å². The van der Waals surface area contributed by atoms with Crippen molar-refractivity contribution in [1.29, 1.82) is 0 Å². The Balaban J connectivity index is 2.49. The number of carbonyl (C=O) groups excluding carboxylic acids is 2. The Hall–Kier alpha value is -1.64. The summed E-state index contributed by atoms with van der Waals surface area (Å²) in [6.07, 6.45) is 1.08. The van der Waals surface area contributed by atoms with Crippen molar-refractivity contribution < 1.29 is 9.59 Å². The third-order valence-corrected chi connectivity index (χ3v) is 3.06. The van der Waals surface area contributed by atoms with E-state index in [4.69, 9.17) is 0 Å². The summed E-state index contributed by atoms with van der Waals surface area (Å²) in [5, 5.41) is 2.73. The smallest absolute Gasteiger partial charge is 0.227 e. The minimum Gasteiger partial charge on any atom is -0.352 e. The molecule has 1 amide bonds. The van der Waals surface area contributed by atoms with Crippen molar-refractivity contribution in [3.05, 3.63) is 35.4 Å². The molecule has 1 aromatic carbocycles. The summed E-state index contributed by atoms with van der Waals surface area (Å²) in [6, 6.07) is 8.24. The van der Waals surface area contributed by atoms with Gasteiger partial charge >= 0.3 is 0 Å². The van der Waals surface area contributed by atoms with Gasteiger partial charge in [-0.05, 0) is 30.4 Å². The molecule has 1 rings (SSSR count). The summed E-state index contributed by atoms with van der Waals surface area (Å²) < 4.78 is 0. The molecule has 0 saturated heterocycles. The quantitative estimate of drug-likeness (QED) is 0.786. The maximum Gasteiger partial charge on any atom is 0.227 e. The second-order valence-corrected chi connectivity index (χ2v) is 4.71. The number of amides is 1. The van der Waals surface area contributed by atoms with Gasteiger partial charge in [0.15, 0.2) is 0 Å². The molecular formula is C15H21NO2. The zero-order valence-corrected chi connectivity index (χ0v) is 11.3. The van der Waals surface area contributed by atoms with Crippen LogP contribution in [0.1, 0.15) is 50.7 Å². The van der Waals surface area contributed by atoms with E-state index in [0.29, 0.717) is 12.5 Å². The Labute approximate surface area is 109 Å². The highest BCUT2D eigenvalue weighted by Crippen LogP contribution is 2.18. The van der Waals surface area contributed by atoms with E-state index in [1.807, 2.05) is 12.1 Å². The van der Waals surface area contributed by atoms with E-state index in [-0.39, 0.29) is 18.1 Å². The van der Waals surface area contributed by atoms with Crippen molar-refractivity contribution in [1.82, 2.24) is 5.32 Å². The molecule has 1 aromatic rings. The van der Waals surface area contributed by atoms with Crippen LogP contribution in [0.15, 0.2) is 24.3 Å². The number of rotatable bonds is 6. The summed E-state index contributed by atoms with van der Waals surface area (Å²) in [5.41, 5.74) is 2.37. The molecule has 0 aromatic heterocycles. The first-order valence-corrected chi connectivity index (χ1v) is 6.38. The predicted octanol–water partition coefficient (Wildman–Crippen LogP) is 2.80. The van der Waals surface area contributed by atoms with Crippen LogP contribution in [-0.4, -0.2) is 11.7 Å². The first-order valence-electron chi connectivity index (χ1n) is 6.38. The molecule has 18 heavy (non-hydrogen) atoms. The van der Waals surface area contributed by atoms with Crippen molar-refractivity contribution in [3.8, 4) is 0 Å². The largest absolute Gasteiger partial charge is 0.352 e. The maximum atomic E-state index is 11.3. The van der Waals surface area contributed by atoms with E-state index >= 15 is 0 Å². The Morgan fingerprint density at radius 2 is 1.83 bits per heavy atom. The number of hydrogen-bond acceptors (Lipinski definition) is 2. The van der Waals surface area contributed by atoms with Crippen molar-refractivity contribution in [2.45, 2.75) is 46.1 Å². The van der Waals surface area contributed by atoms with Gasteiger partial charge in [0.2, 0.25) is 5.91 Å². The van der Waals surface area contributed by atoms with Crippen LogP contribution in [0.3, 0.4) is 0 Å². The van der Waals surface area contributed by atoms with Crippen molar-refractivity contribution in [3.63, 3.8) is 0 Å². The number of nitrogens with one attached hydrogen (secondary N) is 1. The standard InChI is InChI=1S/C15H21NO2/c1-4-11(2)14-7-5-13(6-8-14)10-16-15(18)9-12(3)17/h5-8,11H,4,9-10H2,1-3H3,(H,16,18). The molecule has 0 radical (unpaired) electrons. The highest BCUT2D eigenvalue weighted by molar-refractivity contribution is 5.96. The van der Waals surface area contributed by atoms with Gasteiger partial charge in [-0.25, -0.2) is 0 Å². The van der Waals surface area contributed by atoms with Gasteiger partial charge in [-0.1, -0.05) is 38.1 Å². The van der Waals surface area contributed by atoms with E-state index < -0.39 is 0 Å². The van der Waals surface area contributed by atoms with Crippen molar-refractivity contribution in [2.75, 3.05) is 0 Å². The number of hydrogen-bond donors (Lipinski definition) is 1. The molecule has 0 bridgehead atoms. The molecule has 0 fully saturated rings. The maximum absolute atomic E-state index is 11.3. The van der Waals surface area contributed by atoms with Crippen LogP contribution >= 0.6 is 0 Å². The molecular weight excluding hydrogens is 226 g/mol. The zero-order valence-electron chi connectivity index (χ0n) is 11.3. The lowest BCUT2D eigenvalue weighted by atomic mass is 9.98. The summed E-state index contributed by atoms with van der Waals surface area (Å²) in [7, 11) is 0. The Morgan fingerprint density at radius 1 is 1.22 bits per heavy atom. The van der Waals surface area contributed by atoms with Crippen LogP contribution in [0, 0.1) is 0 Å². The fraction of sp³-hybridized carbons (Fsp3) is 0.467. The van der Waals surface area contributed by atoms with E-state index in [0.717, 1.165) is 12.0 Å². The molecule has 0 spiro atoms. The average Bonchev–Trinajstić information content (AvgIpc) is 2.35. The van der Waals surface area contributed by atoms with Crippen molar-refractivity contribution in [2.24, 2.45) is 0 Å². The molecule has 98 valence electrons. The Morgan fingerprint density at radius 3 is 2.33 bits per heavy atom. The van der Waals surface area contributed by atoms with Crippen LogP contribution in [-0.2, 0) is 16.1 Å². The van der Waals surface area contributed by atoms with Gasteiger partial charge in [0.1, 0.15) is 5.78 Å². The molecule has 0 heterocycles. The number of Topliss-reactive ketones (excluding diaryl/α,β-unsaturated/α-hetero) is 1. The summed E-state index contributed by atoms with van der Waals surface area (Å²) in [6.45, 7) is 6.26. The minimum absolute atomic E-state index is 0.0368. The first kappa shape index (κ1) is 14.4. The van der Waals surface area contributed by atoms with Gasteiger partial charge < -0.3 is 5.32 Å². The van der Waals surface area contributed by atoms with Crippen LogP contribution in [0.2, 0.25) is 0 Å². The highest BCUT2D eigenvalue weighted by Gasteiger charge is 2.05. The summed E-state index contributed by atoms with van der Waals surface area (Å²) in [4.78, 5) is 22.1. The van der Waals surface area contributed by atoms with E-state index in [1.54, 1.807) is 0 Å². The summed E-state index contributed by atoms with van der Waals surface area (Å²) in [5.74, 6) is 0.236. The molecule has 1 N–H and O–H groups in total. The van der Waals surface area contributed by atoms with Gasteiger partial charge in [-0.2, -0.15) is 0 Å². The summed E-state index contributed by atoms with van der Waals surface area (Å²) >= 11 is 0. The fourth-order valence-electron chi connectivity index (χ4n) is 1.69. The second-order valence-electron chi connectivity index (χ2n) is 4.71. The molecule has 0 aliphatic heterocycles. The van der Waals surface area contributed by atoms with Crippen LogP contribution in [0.4, 0.5) is 0 Å². The Kier molecular flexibility index (Phi) is 5.56. The molecule has 0 saturated carbocycles. The lowest BCUT2D eigenvalue weighted by Gasteiger charge is -2.10. The third kappa shape index (κ3) is 4.70. The molecule has 0 aliphatic carbocycles. The fourth-order valence-corrected chi connectivity index (χ4v) is 1.69. The van der Waals surface area contributed by atoms with Crippen LogP contribution < -0.4 is 5.32 Å². The molecule has 0 aliphatic rings. The van der Waals surface area contributed by atoms with Gasteiger partial charge in [-0.15, -0.1) is 0 Å². The topological polar surface area (TPSA) is 46.2 Å². The van der Waals surface area contributed by atoms with Gasteiger partial charge in [0.05, 0.1) is 6.42 Å². The lowest BCUT2D eigenvalue weighted by molar-refractivity contribution is -0.127. The van der Waals surface area contributed by atoms with Gasteiger partial charge in [-0.3, -0.25) is 9.59 Å². The zero-order chi connectivity index (χ0) is 13.5. The Bertz CT molecular complexity index is 409. The van der Waals surface area contributed by atoms with Gasteiger partial charge in [0.25, 0.3) is 0 Å². The van der Waals surface area contributed by atoms with Gasteiger partial charge in [0, 0.05) is 6.54 Å². The van der Waals surface area contributed by atoms with E-state index in [1.165, 1.54) is 12.5 Å². The average molecular weight is 247 g/mol. The molecule has 1 unspecified atom stereocenters. The number of carbonyl (C=O) groups is 2. The monoisotopic (exact) mass is 247 g/mol. The van der Waals surface area contributed by atoms with E-state index in [2.05, 4.69) is 31.3 Å². The molecule has 1 atom stereocenters.